The molecule has 62 valence electrons. The fraction of sp³-hybridized carbons (Fsp3) is 0.200. The second-order valence-corrected chi connectivity index (χ2v) is 3.30. The second-order valence-electron chi connectivity index (χ2n) is 2.26. The van der Waals surface area contributed by atoms with Crippen LogP contribution in [0.3, 0.4) is 0 Å². The van der Waals surface area contributed by atoms with Gasteiger partial charge in [-0.15, -0.1) is 0 Å². The maximum absolute atomic E-state index is 11.1. The molecule has 0 aromatic carbocycles. The van der Waals surface area contributed by atoms with Crippen molar-refractivity contribution in [2.75, 3.05) is 0 Å². The van der Waals surface area contributed by atoms with Crippen LogP contribution in [0.1, 0.15) is 0 Å². The molecule has 0 saturated heterocycles. The lowest BCUT2D eigenvalue weighted by molar-refractivity contribution is -0.117. The fourth-order valence-corrected chi connectivity index (χ4v) is 1.48. The third-order valence-electron chi connectivity index (χ3n) is 1.47. The number of amidine groups is 1. The minimum atomic E-state index is -0.575. The Kier molecular flexibility index (Phi) is 1.60. The van der Waals surface area contributed by atoms with Gasteiger partial charge in [0.1, 0.15) is 6.34 Å². The molecule has 0 bridgehead atoms. The highest BCUT2D eigenvalue weighted by molar-refractivity contribution is 14.1. The Labute approximate surface area is 81.8 Å². The topological polar surface area (TPSA) is 83.4 Å². The van der Waals surface area contributed by atoms with Gasteiger partial charge in [0, 0.05) is 0 Å². The van der Waals surface area contributed by atoms with Gasteiger partial charge in [-0.05, 0) is 0 Å². The van der Waals surface area contributed by atoms with Crippen LogP contribution >= 0.6 is 22.9 Å². The first-order valence-electron chi connectivity index (χ1n) is 3.13. The van der Waals surface area contributed by atoms with Crippen molar-refractivity contribution in [3.05, 3.63) is 0 Å². The molecule has 6 nitrogen and oxygen atoms in total. The van der Waals surface area contributed by atoms with E-state index in [4.69, 9.17) is 5.73 Å². The van der Waals surface area contributed by atoms with Crippen molar-refractivity contribution in [1.82, 2.24) is 3.11 Å². The SMILES string of the molecule is NC1=NC(=O)C2N=CN(I)C2=N1. The summed E-state index contributed by atoms with van der Waals surface area (Å²) >= 11 is 1.98. The molecule has 2 N–H and O–H groups in total. The van der Waals surface area contributed by atoms with E-state index >= 15 is 0 Å². The molecule has 2 aliphatic rings. The number of aliphatic imine (C=N–C) groups is 3. The minimum Gasteiger partial charge on any atom is -0.368 e. The van der Waals surface area contributed by atoms with Gasteiger partial charge in [0.25, 0.3) is 5.91 Å². The number of guanidine groups is 1. The van der Waals surface area contributed by atoms with E-state index in [1.165, 1.54) is 6.34 Å². The predicted octanol–water partition coefficient (Wildman–Crippen LogP) is -0.698. The highest BCUT2D eigenvalue weighted by Gasteiger charge is 2.34. The third-order valence-corrected chi connectivity index (χ3v) is 2.21. The summed E-state index contributed by atoms with van der Waals surface area (Å²) < 4.78 is 1.63. The van der Waals surface area contributed by atoms with E-state index in [-0.39, 0.29) is 11.9 Å². The van der Waals surface area contributed by atoms with E-state index in [9.17, 15) is 4.79 Å². The number of carbonyl (C=O) groups excluding carboxylic acids is 1. The van der Waals surface area contributed by atoms with Crippen molar-refractivity contribution in [2.24, 2.45) is 20.7 Å². The van der Waals surface area contributed by atoms with Crippen LogP contribution in [0.5, 0.6) is 0 Å². The standard InChI is InChI=1S/C5H4IN5O/c6-11-1-8-2-3(11)9-5(7)10-4(2)12/h1-2H,(H2,7,10,12). The van der Waals surface area contributed by atoms with Gasteiger partial charge in [0.05, 0.1) is 22.9 Å². The molecule has 1 atom stereocenters. The summed E-state index contributed by atoms with van der Waals surface area (Å²) in [6.45, 7) is 0. The van der Waals surface area contributed by atoms with Gasteiger partial charge in [-0.1, -0.05) is 0 Å². The first kappa shape index (κ1) is 7.65. The second kappa shape index (κ2) is 2.51. The number of hydrogen-bond acceptors (Lipinski definition) is 5. The number of hydrogen-bond donors (Lipinski definition) is 1. The summed E-state index contributed by atoms with van der Waals surface area (Å²) in [4.78, 5) is 22.4. The number of fused-ring (bicyclic) bond motifs is 1. The molecule has 0 radical (unpaired) electrons. The van der Waals surface area contributed by atoms with Gasteiger partial charge in [0.2, 0.25) is 5.96 Å². The van der Waals surface area contributed by atoms with Gasteiger partial charge in [0.15, 0.2) is 11.9 Å². The molecule has 0 fully saturated rings. The molecule has 12 heavy (non-hydrogen) atoms. The average Bonchev–Trinajstić information content (AvgIpc) is 2.33. The summed E-state index contributed by atoms with van der Waals surface area (Å²) in [6, 6.07) is -0.575. The Hall–Kier alpha value is -0.990. The largest absolute Gasteiger partial charge is 0.368 e. The smallest absolute Gasteiger partial charge is 0.281 e. The Morgan fingerprint density at radius 1 is 1.58 bits per heavy atom. The van der Waals surface area contributed by atoms with Crippen LogP contribution in [-0.4, -0.2) is 33.2 Å². The van der Waals surface area contributed by atoms with Crippen molar-refractivity contribution in [3.63, 3.8) is 0 Å². The van der Waals surface area contributed by atoms with Crippen LogP contribution in [0.2, 0.25) is 0 Å². The summed E-state index contributed by atoms with van der Waals surface area (Å²) in [5.74, 6) is 0.180. The van der Waals surface area contributed by atoms with E-state index in [1.54, 1.807) is 3.11 Å². The fourth-order valence-electron chi connectivity index (χ4n) is 0.967. The molecule has 0 aliphatic carbocycles. The van der Waals surface area contributed by atoms with Gasteiger partial charge < -0.3 is 5.73 Å². The molecular formula is C5H4IN5O. The van der Waals surface area contributed by atoms with Crippen LogP contribution < -0.4 is 5.73 Å². The zero-order valence-electron chi connectivity index (χ0n) is 5.81. The number of nitrogens with two attached hydrogens (primary N) is 1. The van der Waals surface area contributed by atoms with Gasteiger partial charge in [-0.2, -0.15) is 9.98 Å². The Morgan fingerprint density at radius 3 is 3.08 bits per heavy atom. The Morgan fingerprint density at radius 2 is 2.33 bits per heavy atom. The number of rotatable bonds is 0. The summed E-state index contributed by atoms with van der Waals surface area (Å²) in [5, 5.41) is 0. The van der Waals surface area contributed by atoms with Crippen molar-refractivity contribution >= 4 is 46.9 Å². The van der Waals surface area contributed by atoms with E-state index in [1.807, 2.05) is 22.9 Å². The molecule has 0 aromatic heterocycles. The van der Waals surface area contributed by atoms with Gasteiger partial charge >= 0.3 is 0 Å². The summed E-state index contributed by atoms with van der Waals surface area (Å²) in [7, 11) is 0. The molecule has 0 saturated carbocycles. The van der Waals surface area contributed by atoms with Crippen molar-refractivity contribution < 1.29 is 4.79 Å². The molecular weight excluding hydrogens is 273 g/mol. The third kappa shape index (κ3) is 1.00. The van der Waals surface area contributed by atoms with E-state index in [0.29, 0.717) is 5.84 Å². The molecule has 2 rings (SSSR count). The van der Waals surface area contributed by atoms with Crippen LogP contribution in [0.25, 0.3) is 0 Å². The highest BCUT2D eigenvalue weighted by Crippen LogP contribution is 2.16. The molecule has 0 spiro atoms. The van der Waals surface area contributed by atoms with Crippen molar-refractivity contribution in [1.29, 1.82) is 0 Å². The predicted molar refractivity (Wildman–Crippen MR) is 52.2 cm³/mol. The van der Waals surface area contributed by atoms with Gasteiger partial charge in [-0.25, -0.2) is 0 Å². The molecule has 2 aliphatic heterocycles. The lowest BCUT2D eigenvalue weighted by Gasteiger charge is -2.12. The molecule has 0 aromatic rings. The lowest BCUT2D eigenvalue weighted by atomic mass is 10.2. The van der Waals surface area contributed by atoms with Gasteiger partial charge in [-0.3, -0.25) is 12.9 Å². The summed E-state index contributed by atoms with van der Waals surface area (Å²) in [6.07, 6.45) is 1.52. The number of amides is 1. The maximum Gasteiger partial charge on any atom is 0.281 e. The maximum atomic E-state index is 11.1. The molecule has 7 heteroatoms. The summed E-state index contributed by atoms with van der Waals surface area (Å²) in [5.41, 5.74) is 5.30. The molecule has 1 amide bonds. The first-order chi connectivity index (χ1) is 5.68. The Balaban J connectivity index is 2.43. The van der Waals surface area contributed by atoms with Crippen LogP contribution in [0.15, 0.2) is 15.0 Å². The van der Waals surface area contributed by atoms with E-state index in [0.717, 1.165) is 0 Å². The van der Waals surface area contributed by atoms with E-state index < -0.39 is 6.04 Å². The molecule has 2 heterocycles. The monoisotopic (exact) mass is 277 g/mol. The van der Waals surface area contributed by atoms with Crippen molar-refractivity contribution in [2.45, 2.75) is 6.04 Å². The molecule has 1 unspecified atom stereocenters. The lowest BCUT2D eigenvalue weighted by Crippen LogP contribution is -2.36. The Bertz CT molecular complexity index is 333. The number of carbonyl (C=O) groups is 1. The van der Waals surface area contributed by atoms with Crippen LogP contribution in [0, 0.1) is 0 Å². The number of nitrogens with zero attached hydrogens (tertiary/aromatic N) is 4. The first-order valence-corrected chi connectivity index (χ1v) is 4.10. The highest BCUT2D eigenvalue weighted by atomic mass is 127. The van der Waals surface area contributed by atoms with Crippen molar-refractivity contribution in [3.8, 4) is 0 Å². The number of halogens is 1. The van der Waals surface area contributed by atoms with E-state index in [2.05, 4.69) is 15.0 Å². The quantitative estimate of drug-likeness (QED) is 0.469. The minimum absolute atomic E-state index is 0.00147. The van der Waals surface area contributed by atoms with Crippen LogP contribution in [-0.2, 0) is 4.79 Å². The zero-order valence-corrected chi connectivity index (χ0v) is 7.96. The van der Waals surface area contributed by atoms with Crippen LogP contribution in [0.4, 0.5) is 0 Å². The normalized spacial score (nSPS) is 26.9. The average molecular weight is 277 g/mol. The zero-order chi connectivity index (χ0) is 8.72.